The fourth-order valence-electron chi connectivity index (χ4n) is 2.96. The Balaban J connectivity index is 1.93. The molecule has 1 unspecified atom stereocenters. The van der Waals surface area contributed by atoms with Gasteiger partial charge < -0.3 is 11.1 Å². The molecule has 0 spiro atoms. The largest absolute Gasteiger partial charge is 0.399 e. The lowest BCUT2D eigenvalue weighted by Crippen LogP contribution is -2.25. The van der Waals surface area contributed by atoms with E-state index in [-0.39, 0.29) is 6.04 Å². The van der Waals surface area contributed by atoms with Gasteiger partial charge in [0, 0.05) is 30.9 Å². The first kappa shape index (κ1) is 11.3. The number of nitrogen functional groups attached to an aromatic ring is 1. The fourth-order valence-corrected chi connectivity index (χ4v) is 2.96. The van der Waals surface area contributed by atoms with Crippen molar-refractivity contribution in [2.24, 2.45) is 7.05 Å². The molecule has 20 heavy (non-hydrogen) atoms. The van der Waals surface area contributed by atoms with Crippen LogP contribution in [0, 0.1) is 0 Å². The number of aryl methyl sites for hydroxylation is 1. The predicted octanol–water partition coefficient (Wildman–Crippen LogP) is 1.76. The van der Waals surface area contributed by atoms with Crippen molar-refractivity contribution >= 4 is 22.4 Å². The molecular weight excluding hydrogens is 252 g/mol. The minimum Gasteiger partial charge on any atom is -0.399 e. The SMILES string of the molecule is Cn1nccc1C1CCNc2c3ccc(N)cc3nn21. The van der Waals surface area contributed by atoms with E-state index in [1.54, 1.807) is 0 Å². The van der Waals surface area contributed by atoms with E-state index >= 15 is 0 Å². The van der Waals surface area contributed by atoms with Crippen LogP contribution in [0.2, 0.25) is 0 Å². The van der Waals surface area contributed by atoms with Crippen LogP contribution in [0.15, 0.2) is 30.5 Å². The van der Waals surface area contributed by atoms with Crippen molar-refractivity contribution in [1.82, 2.24) is 19.6 Å². The molecule has 3 aromatic rings. The Bertz CT molecular complexity index is 784. The Hall–Kier alpha value is -2.50. The van der Waals surface area contributed by atoms with Gasteiger partial charge in [-0.2, -0.15) is 10.2 Å². The van der Waals surface area contributed by atoms with Crippen molar-refractivity contribution in [1.29, 1.82) is 0 Å². The van der Waals surface area contributed by atoms with E-state index in [4.69, 9.17) is 10.8 Å². The summed E-state index contributed by atoms with van der Waals surface area (Å²) in [5, 5.41) is 13.6. The number of benzene rings is 1. The van der Waals surface area contributed by atoms with Crippen LogP contribution in [0.3, 0.4) is 0 Å². The summed E-state index contributed by atoms with van der Waals surface area (Å²) in [6.07, 6.45) is 2.83. The van der Waals surface area contributed by atoms with Crippen LogP contribution in [0.25, 0.3) is 10.9 Å². The maximum absolute atomic E-state index is 5.85. The maximum Gasteiger partial charge on any atom is 0.133 e. The van der Waals surface area contributed by atoms with E-state index in [0.29, 0.717) is 0 Å². The van der Waals surface area contributed by atoms with Crippen molar-refractivity contribution < 1.29 is 0 Å². The molecule has 0 bridgehead atoms. The van der Waals surface area contributed by atoms with Gasteiger partial charge in [-0.1, -0.05) is 0 Å². The molecule has 0 saturated heterocycles. The van der Waals surface area contributed by atoms with Gasteiger partial charge in [-0.15, -0.1) is 0 Å². The van der Waals surface area contributed by atoms with Crippen LogP contribution in [-0.2, 0) is 7.05 Å². The molecule has 1 atom stereocenters. The van der Waals surface area contributed by atoms with E-state index in [2.05, 4.69) is 21.2 Å². The lowest BCUT2D eigenvalue weighted by Gasteiger charge is -2.25. The second-order valence-corrected chi connectivity index (χ2v) is 5.18. The van der Waals surface area contributed by atoms with E-state index in [1.165, 1.54) is 5.69 Å². The highest BCUT2D eigenvalue weighted by atomic mass is 15.4. The Labute approximate surface area is 116 Å². The summed E-state index contributed by atoms with van der Waals surface area (Å²) < 4.78 is 3.98. The van der Waals surface area contributed by atoms with Gasteiger partial charge in [0.15, 0.2) is 0 Å². The third kappa shape index (κ3) is 1.51. The van der Waals surface area contributed by atoms with Crippen LogP contribution >= 0.6 is 0 Å². The minimum atomic E-state index is 0.215. The summed E-state index contributed by atoms with van der Waals surface area (Å²) in [5.41, 5.74) is 8.70. The second kappa shape index (κ2) is 4.00. The number of nitrogens with one attached hydrogen (secondary N) is 1. The minimum absolute atomic E-state index is 0.215. The summed E-state index contributed by atoms with van der Waals surface area (Å²) >= 11 is 0. The third-order valence-corrected chi connectivity index (χ3v) is 3.93. The van der Waals surface area contributed by atoms with Crippen LogP contribution in [0.1, 0.15) is 18.2 Å². The highest BCUT2D eigenvalue weighted by Gasteiger charge is 2.26. The molecular formula is C14H16N6. The van der Waals surface area contributed by atoms with Gasteiger partial charge in [0.25, 0.3) is 0 Å². The normalized spacial score (nSPS) is 17.9. The van der Waals surface area contributed by atoms with Crippen LogP contribution in [0.4, 0.5) is 11.5 Å². The number of nitrogens with zero attached hydrogens (tertiary/aromatic N) is 4. The Morgan fingerprint density at radius 1 is 1.35 bits per heavy atom. The highest BCUT2D eigenvalue weighted by Crippen LogP contribution is 2.34. The molecule has 2 aromatic heterocycles. The summed E-state index contributed by atoms with van der Waals surface area (Å²) in [6.45, 7) is 0.932. The number of anilines is 2. The zero-order valence-corrected chi connectivity index (χ0v) is 11.2. The maximum atomic E-state index is 5.85. The molecule has 0 amide bonds. The fraction of sp³-hybridized carbons (Fsp3) is 0.286. The summed E-state index contributed by atoms with van der Waals surface area (Å²) in [5.74, 6) is 1.07. The van der Waals surface area contributed by atoms with Gasteiger partial charge in [-0.05, 0) is 30.7 Å². The first-order valence-corrected chi connectivity index (χ1v) is 6.73. The zero-order chi connectivity index (χ0) is 13.7. The van der Waals surface area contributed by atoms with Crippen LogP contribution in [0.5, 0.6) is 0 Å². The molecule has 4 rings (SSSR count). The van der Waals surface area contributed by atoms with Crippen molar-refractivity contribution in [2.75, 3.05) is 17.6 Å². The number of aromatic nitrogens is 4. The monoisotopic (exact) mass is 268 g/mol. The summed E-state index contributed by atoms with van der Waals surface area (Å²) in [7, 11) is 1.97. The molecule has 3 heterocycles. The smallest absolute Gasteiger partial charge is 0.133 e. The molecule has 6 heteroatoms. The van der Waals surface area contributed by atoms with E-state index in [0.717, 1.165) is 35.4 Å². The molecule has 6 nitrogen and oxygen atoms in total. The molecule has 102 valence electrons. The lowest BCUT2D eigenvalue weighted by atomic mass is 10.1. The Morgan fingerprint density at radius 2 is 2.25 bits per heavy atom. The lowest BCUT2D eigenvalue weighted by molar-refractivity contribution is 0.455. The van der Waals surface area contributed by atoms with E-state index in [1.807, 2.05) is 36.1 Å². The third-order valence-electron chi connectivity index (χ3n) is 3.93. The van der Waals surface area contributed by atoms with Crippen LogP contribution < -0.4 is 11.1 Å². The summed E-state index contributed by atoms with van der Waals surface area (Å²) in [4.78, 5) is 0. The van der Waals surface area contributed by atoms with Crippen LogP contribution in [-0.4, -0.2) is 26.1 Å². The Kier molecular flexibility index (Phi) is 2.26. The quantitative estimate of drug-likeness (QED) is 0.659. The predicted molar refractivity (Wildman–Crippen MR) is 78.6 cm³/mol. The molecule has 1 aliphatic rings. The van der Waals surface area contributed by atoms with Crippen molar-refractivity contribution in [3.05, 3.63) is 36.2 Å². The zero-order valence-electron chi connectivity index (χ0n) is 11.2. The number of fused-ring (bicyclic) bond motifs is 3. The van der Waals surface area contributed by atoms with Gasteiger partial charge in [-0.3, -0.25) is 4.68 Å². The first-order chi connectivity index (χ1) is 9.74. The average molecular weight is 268 g/mol. The van der Waals surface area contributed by atoms with Gasteiger partial charge in [0.1, 0.15) is 5.82 Å². The van der Waals surface area contributed by atoms with Crippen molar-refractivity contribution in [2.45, 2.75) is 12.5 Å². The van der Waals surface area contributed by atoms with E-state index in [9.17, 15) is 0 Å². The molecule has 0 aliphatic carbocycles. The van der Waals surface area contributed by atoms with Gasteiger partial charge in [-0.25, -0.2) is 4.68 Å². The topological polar surface area (TPSA) is 73.7 Å². The Morgan fingerprint density at radius 3 is 3.05 bits per heavy atom. The molecule has 1 aliphatic heterocycles. The molecule has 1 aromatic carbocycles. The number of nitrogens with two attached hydrogens (primary N) is 1. The van der Waals surface area contributed by atoms with Crippen molar-refractivity contribution in [3.8, 4) is 0 Å². The molecule has 0 saturated carbocycles. The summed E-state index contributed by atoms with van der Waals surface area (Å²) in [6, 6.07) is 8.14. The molecule has 3 N–H and O–H groups in total. The number of hydrogen-bond acceptors (Lipinski definition) is 4. The van der Waals surface area contributed by atoms with Gasteiger partial charge in [0.2, 0.25) is 0 Å². The molecule has 0 fully saturated rings. The standard InChI is InChI=1S/C14H16N6/c1-19-12(5-7-17-19)13-4-6-16-14-10-3-2-9(15)8-11(10)18-20(13)14/h2-3,5,7-8,13,16H,4,6,15H2,1H3. The van der Waals surface area contributed by atoms with Crippen molar-refractivity contribution in [3.63, 3.8) is 0 Å². The molecule has 0 radical (unpaired) electrons. The average Bonchev–Trinajstić information content (AvgIpc) is 3.01. The number of hydrogen-bond donors (Lipinski definition) is 2. The first-order valence-electron chi connectivity index (χ1n) is 6.73. The second-order valence-electron chi connectivity index (χ2n) is 5.18. The van der Waals surface area contributed by atoms with Gasteiger partial charge in [0.05, 0.1) is 17.3 Å². The van der Waals surface area contributed by atoms with E-state index < -0.39 is 0 Å². The highest BCUT2D eigenvalue weighted by molar-refractivity contribution is 5.92. The number of rotatable bonds is 1. The van der Waals surface area contributed by atoms with Gasteiger partial charge >= 0.3 is 0 Å².